The molecular weight excluding hydrogens is 249 g/mol. The van der Waals surface area contributed by atoms with Crippen LogP contribution in [0.15, 0.2) is 24.3 Å². The number of halogens is 1. The molecule has 20 heavy (non-hydrogen) atoms. The molecule has 1 N–H and O–H groups in total. The van der Waals surface area contributed by atoms with Crippen LogP contribution >= 0.6 is 0 Å². The highest BCUT2D eigenvalue weighted by atomic mass is 19.1. The maximum atomic E-state index is 15.4. The lowest BCUT2D eigenvalue weighted by Gasteiger charge is -2.38. The van der Waals surface area contributed by atoms with Crippen molar-refractivity contribution in [3.8, 4) is 0 Å². The second-order valence-electron chi connectivity index (χ2n) is 7.19. The van der Waals surface area contributed by atoms with E-state index in [2.05, 4.69) is 29.6 Å². The molecule has 1 aromatic rings. The normalized spacial score (nSPS) is 39.5. The minimum atomic E-state index is -0.924. The molecule has 2 saturated heterocycles. The molecule has 3 atom stereocenters. The molecule has 0 spiro atoms. The largest absolute Gasteiger partial charge is 0.311 e. The number of nitrogens with one attached hydrogen (secondary N) is 1. The van der Waals surface area contributed by atoms with Crippen molar-refractivity contribution in [3.05, 3.63) is 35.4 Å². The van der Waals surface area contributed by atoms with Gasteiger partial charge in [-0.05, 0) is 68.4 Å². The predicted molar refractivity (Wildman–Crippen MR) is 79.8 cm³/mol. The lowest BCUT2D eigenvalue weighted by Crippen LogP contribution is -2.46. The Balaban J connectivity index is 1.55. The van der Waals surface area contributed by atoms with Gasteiger partial charge in [-0.1, -0.05) is 24.3 Å². The van der Waals surface area contributed by atoms with Gasteiger partial charge in [-0.2, -0.15) is 0 Å². The first kappa shape index (κ1) is 12.8. The minimum Gasteiger partial charge on any atom is -0.311 e. The van der Waals surface area contributed by atoms with Crippen molar-refractivity contribution in [1.29, 1.82) is 0 Å². The summed E-state index contributed by atoms with van der Waals surface area (Å²) in [6.07, 6.45) is 8.16. The maximum absolute atomic E-state index is 15.4. The van der Waals surface area contributed by atoms with Crippen LogP contribution in [-0.4, -0.2) is 17.8 Å². The van der Waals surface area contributed by atoms with E-state index in [9.17, 15) is 0 Å². The summed E-state index contributed by atoms with van der Waals surface area (Å²) < 4.78 is 15.4. The van der Waals surface area contributed by atoms with Crippen molar-refractivity contribution >= 4 is 0 Å². The van der Waals surface area contributed by atoms with Crippen LogP contribution in [0.3, 0.4) is 0 Å². The van der Waals surface area contributed by atoms with Gasteiger partial charge < -0.3 is 5.32 Å². The Morgan fingerprint density at radius 1 is 1.10 bits per heavy atom. The molecule has 1 aromatic carbocycles. The van der Waals surface area contributed by atoms with Gasteiger partial charge in [0.05, 0.1) is 0 Å². The monoisotopic (exact) mass is 273 g/mol. The summed E-state index contributed by atoms with van der Waals surface area (Å²) in [7, 11) is 0. The molecule has 1 nitrogen and oxygen atoms in total. The third-order valence-electron chi connectivity index (χ3n) is 5.67. The number of aryl methyl sites for hydroxylation is 1. The van der Waals surface area contributed by atoms with Crippen LogP contribution in [0, 0.1) is 0 Å². The van der Waals surface area contributed by atoms with Crippen LogP contribution < -0.4 is 5.32 Å². The van der Waals surface area contributed by atoms with Crippen LogP contribution in [0.25, 0.3) is 0 Å². The summed E-state index contributed by atoms with van der Waals surface area (Å²) in [5, 5.41) is 3.56. The summed E-state index contributed by atoms with van der Waals surface area (Å²) in [6.45, 7) is 0. The van der Waals surface area contributed by atoms with E-state index < -0.39 is 5.67 Å². The smallest absolute Gasteiger partial charge is 0.114 e. The van der Waals surface area contributed by atoms with Crippen LogP contribution in [0.5, 0.6) is 0 Å². The highest BCUT2D eigenvalue weighted by molar-refractivity contribution is 5.33. The van der Waals surface area contributed by atoms with E-state index in [1.165, 1.54) is 43.2 Å². The number of rotatable bonds is 2. The first-order valence-corrected chi connectivity index (χ1v) is 8.25. The highest BCUT2D eigenvalue weighted by Crippen LogP contribution is 2.45. The van der Waals surface area contributed by atoms with Gasteiger partial charge in [-0.3, -0.25) is 0 Å². The van der Waals surface area contributed by atoms with Crippen molar-refractivity contribution in [2.24, 2.45) is 0 Å². The van der Waals surface area contributed by atoms with Gasteiger partial charge in [-0.25, -0.2) is 4.39 Å². The SMILES string of the molecule is FC1(CC2CCCc3ccccc32)CC2CCC(C1)N2. The van der Waals surface area contributed by atoms with Crippen LogP contribution in [0.1, 0.15) is 62.0 Å². The average molecular weight is 273 g/mol. The number of hydrogen-bond donors (Lipinski definition) is 1. The second kappa shape index (κ2) is 4.84. The molecule has 2 fully saturated rings. The predicted octanol–water partition coefficient (Wildman–Crippen LogP) is 4.12. The zero-order chi connectivity index (χ0) is 13.6. The highest BCUT2D eigenvalue weighted by Gasteiger charge is 2.45. The Morgan fingerprint density at radius 2 is 1.85 bits per heavy atom. The van der Waals surface area contributed by atoms with Crippen molar-refractivity contribution in [2.45, 2.75) is 75.0 Å². The molecule has 3 aliphatic rings. The first-order valence-electron chi connectivity index (χ1n) is 8.25. The third-order valence-corrected chi connectivity index (χ3v) is 5.67. The van der Waals surface area contributed by atoms with E-state index in [4.69, 9.17) is 0 Å². The number of benzene rings is 1. The quantitative estimate of drug-likeness (QED) is 0.854. The zero-order valence-electron chi connectivity index (χ0n) is 12.1. The van der Waals surface area contributed by atoms with Gasteiger partial charge in [0, 0.05) is 12.1 Å². The van der Waals surface area contributed by atoms with Gasteiger partial charge >= 0.3 is 0 Å². The summed E-state index contributed by atoms with van der Waals surface area (Å²) in [5.41, 5.74) is 1.97. The molecule has 3 unspecified atom stereocenters. The van der Waals surface area contributed by atoms with E-state index >= 15 is 4.39 Å². The topological polar surface area (TPSA) is 12.0 Å². The number of piperidine rings is 1. The molecule has 0 aromatic heterocycles. The maximum Gasteiger partial charge on any atom is 0.114 e. The summed E-state index contributed by atoms with van der Waals surface area (Å²) in [4.78, 5) is 0. The zero-order valence-corrected chi connectivity index (χ0v) is 12.1. The molecule has 108 valence electrons. The summed E-state index contributed by atoms with van der Waals surface area (Å²) in [5.74, 6) is 0.447. The van der Waals surface area contributed by atoms with Crippen molar-refractivity contribution in [3.63, 3.8) is 0 Å². The molecule has 0 radical (unpaired) electrons. The van der Waals surface area contributed by atoms with Gasteiger partial charge in [-0.15, -0.1) is 0 Å². The Labute approximate surface area is 121 Å². The molecule has 2 bridgehead atoms. The van der Waals surface area contributed by atoms with E-state index in [0.717, 1.165) is 19.3 Å². The summed E-state index contributed by atoms with van der Waals surface area (Å²) in [6, 6.07) is 9.59. The molecule has 2 heteroatoms. The Kier molecular flexibility index (Phi) is 3.10. The van der Waals surface area contributed by atoms with Crippen LogP contribution in [-0.2, 0) is 6.42 Å². The lowest BCUT2D eigenvalue weighted by atomic mass is 9.74. The molecule has 2 aliphatic heterocycles. The number of alkyl halides is 1. The molecular formula is C18H24FN. The van der Waals surface area contributed by atoms with Crippen molar-refractivity contribution in [2.75, 3.05) is 0 Å². The van der Waals surface area contributed by atoms with Crippen molar-refractivity contribution < 1.29 is 4.39 Å². The van der Waals surface area contributed by atoms with Gasteiger partial charge in [0.2, 0.25) is 0 Å². The molecule has 2 heterocycles. The molecule has 1 aliphatic carbocycles. The fraction of sp³-hybridized carbons (Fsp3) is 0.667. The van der Waals surface area contributed by atoms with E-state index in [-0.39, 0.29) is 0 Å². The molecule has 0 amide bonds. The Hall–Kier alpha value is -0.890. The fourth-order valence-corrected chi connectivity index (χ4v) is 4.87. The third kappa shape index (κ3) is 2.28. The minimum absolute atomic E-state index is 0.442. The van der Waals surface area contributed by atoms with E-state index in [1.807, 2.05) is 0 Å². The van der Waals surface area contributed by atoms with Crippen LogP contribution in [0.2, 0.25) is 0 Å². The lowest BCUT2D eigenvalue weighted by molar-refractivity contribution is 0.0692. The standard InChI is InChI=1S/C18H24FN/c19-18(11-15-8-9-16(12-18)20-15)10-14-6-3-5-13-4-1-2-7-17(13)14/h1-2,4,7,14-16,20H,3,5-6,8-12H2. The first-order chi connectivity index (χ1) is 9.72. The number of fused-ring (bicyclic) bond motifs is 3. The van der Waals surface area contributed by atoms with Gasteiger partial charge in [0.1, 0.15) is 5.67 Å². The van der Waals surface area contributed by atoms with Gasteiger partial charge in [0.15, 0.2) is 0 Å². The summed E-state index contributed by atoms with van der Waals surface area (Å²) >= 11 is 0. The van der Waals surface area contributed by atoms with E-state index in [1.54, 1.807) is 0 Å². The van der Waals surface area contributed by atoms with Crippen LogP contribution in [0.4, 0.5) is 4.39 Å². The molecule has 0 saturated carbocycles. The van der Waals surface area contributed by atoms with Gasteiger partial charge in [0.25, 0.3) is 0 Å². The second-order valence-corrected chi connectivity index (χ2v) is 7.19. The van der Waals surface area contributed by atoms with Crippen molar-refractivity contribution in [1.82, 2.24) is 5.32 Å². The Morgan fingerprint density at radius 3 is 2.65 bits per heavy atom. The van der Waals surface area contributed by atoms with E-state index in [0.29, 0.717) is 18.0 Å². The Bertz CT molecular complexity index is 486. The average Bonchev–Trinajstić information content (AvgIpc) is 2.79. The molecule has 4 rings (SSSR count). The fourth-order valence-electron chi connectivity index (χ4n) is 4.87. The number of hydrogen-bond acceptors (Lipinski definition) is 1.